The van der Waals surface area contributed by atoms with Crippen LogP contribution in [0.1, 0.15) is 183 Å². The van der Waals surface area contributed by atoms with E-state index in [0.29, 0.717) is 102 Å². The summed E-state index contributed by atoms with van der Waals surface area (Å²) in [6, 6.07) is 85.2. The highest BCUT2D eigenvalue weighted by molar-refractivity contribution is 5.99. The highest BCUT2D eigenvalue weighted by Gasteiger charge is 2.37. The van der Waals surface area contributed by atoms with Gasteiger partial charge in [0.2, 0.25) is 29.5 Å². The van der Waals surface area contributed by atoms with E-state index < -0.39 is 23.6 Å². The van der Waals surface area contributed by atoms with Gasteiger partial charge < -0.3 is 63.0 Å². The van der Waals surface area contributed by atoms with Crippen molar-refractivity contribution in [1.29, 1.82) is 0 Å². The van der Waals surface area contributed by atoms with Crippen molar-refractivity contribution in [2.24, 2.45) is 5.73 Å². The molecule has 0 aromatic heterocycles. The summed E-state index contributed by atoms with van der Waals surface area (Å²) in [5.41, 5.74) is 14.4. The molecule has 4 fully saturated rings. The number of hydrogen-bond donors (Lipinski definition) is 9. The quantitative estimate of drug-likeness (QED) is 0.0131. The topological polar surface area (TPSA) is 234 Å². The number of carbonyl (C=O) groups excluding carboxylic acids is 6. The van der Waals surface area contributed by atoms with Gasteiger partial charge in [0.15, 0.2) is 0 Å². The van der Waals surface area contributed by atoms with Crippen LogP contribution in [0.15, 0.2) is 279 Å². The van der Waals surface area contributed by atoms with Crippen LogP contribution in [0.25, 0.3) is 22.9 Å². The van der Waals surface area contributed by atoms with E-state index in [2.05, 4.69) is 189 Å². The second kappa shape index (κ2) is 51.5. The van der Waals surface area contributed by atoms with Gasteiger partial charge in [-0.15, -0.1) is 0 Å². The maximum atomic E-state index is 14.1. The number of hydrogen-bond acceptors (Lipinski definition) is 12. The Bertz CT molecular complexity index is 5040. The third-order valence-electron chi connectivity index (χ3n) is 24.9. The van der Waals surface area contributed by atoms with Gasteiger partial charge in [-0.25, -0.2) is 13.2 Å². The molecule has 10 N–H and O–H groups in total. The molecule has 10 aromatic carbocycles. The number of fused-ring (bicyclic) bond motifs is 1. The first-order valence-electron chi connectivity index (χ1n) is 46.5. The minimum atomic E-state index is -0.736. The smallest absolute Gasteiger partial charge is 0.251 e. The van der Waals surface area contributed by atoms with E-state index in [4.69, 9.17) is 5.73 Å². The Kier molecular flexibility index (Phi) is 38.5. The van der Waals surface area contributed by atoms with Gasteiger partial charge in [0.05, 0.1) is 18.1 Å². The molecule has 3 aliphatic heterocycles. The average molecular weight is 1750 g/mol. The van der Waals surface area contributed by atoms with Crippen molar-refractivity contribution >= 4 is 58.4 Å². The van der Waals surface area contributed by atoms with Crippen LogP contribution < -0.4 is 48.3 Å². The predicted molar refractivity (Wildman–Crippen MR) is 512 cm³/mol. The molecule has 4 aliphatic rings. The summed E-state index contributed by atoms with van der Waals surface area (Å²) < 4.78 is 40.2. The molecule has 14 rings (SSSR count). The van der Waals surface area contributed by atoms with Gasteiger partial charge in [-0.1, -0.05) is 264 Å². The number of halogens is 3. The third kappa shape index (κ3) is 30.8. The fourth-order valence-electron chi connectivity index (χ4n) is 17.7. The van der Waals surface area contributed by atoms with Crippen molar-refractivity contribution < 1.29 is 41.9 Å². The number of rotatable bonds is 37. The summed E-state index contributed by atoms with van der Waals surface area (Å²) in [6.45, 7) is 11.4. The second-order valence-electron chi connectivity index (χ2n) is 34.7. The maximum absolute atomic E-state index is 14.1. The van der Waals surface area contributed by atoms with E-state index in [9.17, 15) is 41.9 Å². The first-order valence-corrected chi connectivity index (χ1v) is 46.5. The minimum absolute atomic E-state index is 0.000883. The van der Waals surface area contributed by atoms with Gasteiger partial charge in [0.1, 0.15) is 17.5 Å². The molecule has 678 valence electrons. The zero-order valence-corrected chi connectivity index (χ0v) is 74.7. The van der Waals surface area contributed by atoms with Gasteiger partial charge in [0.25, 0.3) is 5.91 Å². The third-order valence-corrected chi connectivity index (χ3v) is 24.9. The summed E-state index contributed by atoms with van der Waals surface area (Å²) in [5.74, 6) is -1.92. The van der Waals surface area contributed by atoms with E-state index in [0.717, 1.165) is 97.6 Å². The van der Waals surface area contributed by atoms with Crippen LogP contribution in [0, 0.1) is 17.5 Å². The molecule has 1 aliphatic carbocycles. The van der Waals surface area contributed by atoms with Crippen LogP contribution in [0.5, 0.6) is 0 Å². The van der Waals surface area contributed by atoms with Gasteiger partial charge in [-0.2, -0.15) is 0 Å². The number of amides is 6. The second-order valence-corrected chi connectivity index (χ2v) is 34.7. The van der Waals surface area contributed by atoms with Crippen LogP contribution in [-0.2, 0) is 24.0 Å². The molecule has 18 nitrogen and oxygen atoms in total. The van der Waals surface area contributed by atoms with Crippen molar-refractivity contribution in [2.45, 2.75) is 176 Å². The van der Waals surface area contributed by atoms with Crippen LogP contribution >= 0.6 is 0 Å². The normalized spacial score (nSPS) is 18.2. The summed E-state index contributed by atoms with van der Waals surface area (Å²) in [4.78, 5) is 86.2. The lowest BCUT2D eigenvalue weighted by Gasteiger charge is -2.29. The van der Waals surface area contributed by atoms with Crippen molar-refractivity contribution in [3.63, 3.8) is 0 Å². The zero-order valence-electron chi connectivity index (χ0n) is 74.7. The highest BCUT2D eigenvalue weighted by atomic mass is 19.1. The lowest BCUT2D eigenvalue weighted by Crippen LogP contribution is -2.49. The van der Waals surface area contributed by atoms with E-state index >= 15 is 0 Å². The van der Waals surface area contributed by atoms with Crippen LogP contribution in [0.2, 0.25) is 0 Å². The standard InChI is InChI=1S/C38H47FN4O2.C38H46N4O2.C32H36F2N4O2/c39-32-21-18-29(19-22-32)20-23-37(44)41-27-34-24-26-43(28-35(30-11-4-1-5-12-30)31-13-6-2-7-14-31)38(45)36(42-34)17-10-25-40-33-15-8-3-9-16-33;1-28(2)39-23-12-11-19-36-38(44)42(27-35(30-14-5-3-6-15-30)31-16-7-4-8-17-31)24-22-34(41-36)26-40-37(43)33-21-20-29-13-9-10-18-32(29)25-33;33-26-15-13-25(29(34)20-26)14-16-31(39)36-21-27-17-19-38(32(40)30(37-27)12-7-18-35)22-28(23-8-3-1-4-9-23)24-10-5-2-6-11-24/h1-2,4-7,11-14,18-23,33-36,40,42H,3,8-10,15-17,24-28H2,(H,41,44);3-10,13-18,20-21,25,28,34-36,39,41H,11-12,19,22-24,26-27H2,1-2H3,(H,40,43);1-6,8-11,13-16,20,27-28,30,37H,7,12,17-19,21-22,35H2,(H,36,39)/b23-20+;;16-14+/t2*34-,36-;27-,30-/m000/s1. The summed E-state index contributed by atoms with van der Waals surface area (Å²) in [6.07, 6.45) is 19.9. The van der Waals surface area contributed by atoms with Crippen LogP contribution in [-0.4, -0.2) is 177 Å². The summed E-state index contributed by atoms with van der Waals surface area (Å²) in [5, 5.41) is 29.1. The zero-order chi connectivity index (χ0) is 90.3. The van der Waals surface area contributed by atoms with Gasteiger partial charge in [-0.3, -0.25) is 28.8 Å². The fraction of sp³-hybridized carbons (Fsp3) is 0.370. The number of unbranched alkanes of at least 4 members (excludes halogenated alkanes) is 1. The number of nitrogens with one attached hydrogen (secondary N) is 8. The number of nitrogens with zero attached hydrogens (tertiary/aromatic N) is 3. The highest BCUT2D eigenvalue weighted by Crippen LogP contribution is 2.32. The lowest BCUT2D eigenvalue weighted by molar-refractivity contribution is -0.133. The Morgan fingerprint density at radius 1 is 0.419 bits per heavy atom. The predicted octanol–water partition coefficient (Wildman–Crippen LogP) is 16.4. The van der Waals surface area contributed by atoms with E-state index in [-0.39, 0.29) is 88.9 Å². The average Bonchev–Trinajstić information content (AvgIpc) is 1.81. The molecule has 21 heteroatoms. The van der Waals surface area contributed by atoms with E-state index in [1.165, 1.54) is 90.8 Å². The molecule has 129 heavy (non-hydrogen) atoms. The monoisotopic (exact) mass is 1750 g/mol. The molecule has 3 saturated heterocycles. The Morgan fingerprint density at radius 2 is 0.822 bits per heavy atom. The molecule has 3 heterocycles. The molecule has 0 bridgehead atoms. The van der Waals surface area contributed by atoms with Crippen molar-refractivity contribution in [3.05, 3.63) is 347 Å². The molecular weight excluding hydrogens is 1620 g/mol. The Morgan fingerprint density at radius 3 is 1.26 bits per heavy atom. The van der Waals surface area contributed by atoms with Gasteiger partial charge in [0, 0.05) is 136 Å². The van der Waals surface area contributed by atoms with Crippen molar-refractivity contribution in [2.75, 3.05) is 78.5 Å². The minimum Gasteiger partial charge on any atom is -0.351 e. The van der Waals surface area contributed by atoms with E-state index in [1.54, 1.807) is 18.2 Å². The summed E-state index contributed by atoms with van der Waals surface area (Å²) in [7, 11) is 0. The Balaban J connectivity index is 0.000000176. The largest absolute Gasteiger partial charge is 0.351 e. The van der Waals surface area contributed by atoms with Crippen molar-refractivity contribution in [1.82, 2.24) is 57.2 Å². The van der Waals surface area contributed by atoms with Crippen molar-refractivity contribution in [3.8, 4) is 0 Å². The molecular formula is C108H129F3N12O6. The van der Waals surface area contributed by atoms with E-state index in [1.807, 2.05) is 107 Å². The maximum Gasteiger partial charge on any atom is 0.251 e. The van der Waals surface area contributed by atoms with Crippen LogP contribution in [0.3, 0.4) is 0 Å². The van der Waals surface area contributed by atoms with Crippen LogP contribution in [0.4, 0.5) is 13.2 Å². The number of benzene rings is 10. The van der Waals surface area contributed by atoms with Gasteiger partial charge >= 0.3 is 0 Å². The molecule has 6 atom stereocenters. The molecule has 1 saturated carbocycles. The fourth-order valence-corrected chi connectivity index (χ4v) is 17.7. The van der Waals surface area contributed by atoms with Gasteiger partial charge in [-0.05, 0) is 189 Å². The molecule has 6 amide bonds. The Hall–Kier alpha value is -11.7. The Labute approximate surface area is 760 Å². The number of carbonyl (C=O) groups is 6. The molecule has 0 radical (unpaired) electrons. The molecule has 10 aromatic rings. The first kappa shape index (κ1) is 96.4. The first-order chi connectivity index (χ1) is 63.0. The lowest BCUT2D eigenvalue weighted by atomic mass is 9.90. The molecule has 0 spiro atoms. The SMILES string of the molecule is CC(C)NCCCC[C@@H]1N[C@H](CNC(=O)c2ccc3ccccc3c2)CCN(CC(c2ccccc2)c2ccccc2)C1=O.NCCC[C@@H]1N[C@H](CNC(=O)/C=C/c2ccc(F)cc2F)CCN(CC(c2ccccc2)c2ccccc2)C1=O.O=C(/C=C/c1ccc(F)cc1)NC[C@@H]1CCN(CC(c2ccccc2)c2ccccc2)C(=O)[C@H](CCCNC2CCCCC2)N1. The number of nitrogens with two attached hydrogens (primary N) is 1. The summed E-state index contributed by atoms with van der Waals surface area (Å²) >= 11 is 0. The molecule has 0 unspecified atom stereocenters.